The number of ether oxygens (including phenoxy) is 2. The molecule has 2 aromatic carbocycles. The second-order valence-corrected chi connectivity index (χ2v) is 8.18. The van der Waals surface area contributed by atoms with Crippen LogP contribution in [0.3, 0.4) is 0 Å². The first-order valence-corrected chi connectivity index (χ1v) is 11.4. The van der Waals surface area contributed by atoms with Crippen LogP contribution < -0.4 is 14.8 Å². The van der Waals surface area contributed by atoms with Crippen LogP contribution in [0, 0.1) is 0 Å². The van der Waals surface area contributed by atoms with E-state index in [-0.39, 0.29) is 12.0 Å². The highest BCUT2D eigenvalue weighted by Crippen LogP contribution is 2.30. The average Bonchev–Trinajstić information content (AvgIpc) is 2.76. The maximum absolute atomic E-state index is 12.6. The Kier molecular flexibility index (Phi) is 8.66. The van der Waals surface area contributed by atoms with Crippen LogP contribution in [-0.2, 0) is 4.79 Å². The van der Waals surface area contributed by atoms with Gasteiger partial charge in [-0.2, -0.15) is 0 Å². The lowest BCUT2D eigenvalue weighted by atomic mass is 10.1. The van der Waals surface area contributed by atoms with Crippen molar-refractivity contribution in [3.63, 3.8) is 0 Å². The van der Waals surface area contributed by atoms with Gasteiger partial charge in [0.2, 0.25) is 5.91 Å². The number of piperidine rings is 1. The van der Waals surface area contributed by atoms with Gasteiger partial charge >= 0.3 is 0 Å². The third-order valence-corrected chi connectivity index (χ3v) is 5.93. The van der Waals surface area contributed by atoms with Crippen LogP contribution >= 0.6 is 11.8 Å². The summed E-state index contributed by atoms with van der Waals surface area (Å²) in [6.45, 7) is 8.40. The molecule has 1 fully saturated rings. The number of likely N-dealkylation sites (tertiary alicyclic amines) is 1. The van der Waals surface area contributed by atoms with E-state index >= 15 is 0 Å². The molecule has 0 aliphatic carbocycles. The van der Waals surface area contributed by atoms with Gasteiger partial charge in [0.25, 0.3) is 0 Å². The minimum atomic E-state index is 0.0164. The number of carbonyl (C=O) groups is 1. The average molecular weight is 427 g/mol. The molecule has 30 heavy (non-hydrogen) atoms. The molecule has 3 rings (SSSR count). The number of benzene rings is 2. The van der Waals surface area contributed by atoms with E-state index in [0.717, 1.165) is 53.8 Å². The lowest BCUT2D eigenvalue weighted by Crippen LogP contribution is -2.42. The van der Waals surface area contributed by atoms with Crippen molar-refractivity contribution in [1.82, 2.24) is 4.90 Å². The highest BCUT2D eigenvalue weighted by atomic mass is 32.2. The molecular formula is C24H30N2O3S. The van der Waals surface area contributed by atoms with Crippen LogP contribution in [0.5, 0.6) is 11.5 Å². The number of rotatable bonds is 10. The van der Waals surface area contributed by atoms with Crippen LogP contribution in [0.2, 0.25) is 0 Å². The molecule has 5 nitrogen and oxygen atoms in total. The first-order valence-electron chi connectivity index (χ1n) is 10.4. The van der Waals surface area contributed by atoms with Crippen molar-refractivity contribution in [2.24, 2.45) is 0 Å². The minimum Gasteiger partial charge on any atom is -0.490 e. The lowest BCUT2D eigenvalue weighted by Gasteiger charge is -2.32. The van der Waals surface area contributed by atoms with Crippen LogP contribution in [-0.4, -0.2) is 48.9 Å². The van der Waals surface area contributed by atoms with E-state index in [1.807, 2.05) is 61.5 Å². The summed E-state index contributed by atoms with van der Waals surface area (Å²) >= 11 is 1.67. The molecule has 0 spiro atoms. The zero-order chi connectivity index (χ0) is 21.2. The van der Waals surface area contributed by atoms with Crippen LogP contribution in [0.25, 0.3) is 0 Å². The molecule has 0 unspecified atom stereocenters. The fourth-order valence-corrected chi connectivity index (χ4v) is 4.17. The molecule has 1 aliphatic rings. The summed E-state index contributed by atoms with van der Waals surface area (Å²) in [6, 6.07) is 15.7. The SMILES string of the molecule is C=CCSc1ccccc1NC(=O)CN1CCC(Oc2ccccc2OCC)CC1. The van der Waals surface area contributed by atoms with E-state index in [9.17, 15) is 4.79 Å². The molecule has 0 saturated carbocycles. The number of hydrogen-bond donors (Lipinski definition) is 1. The molecular weight excluding hydrogens is 396 g/mol. The summed E-state index contributed by atoms with van der Waals surface area (Å²) in [4.78, 5) is 15.8. The third kappa shape index (κ3) is 6.54. The molecule has 1 heterocycles. The van der Waals surface area contributed by atoms with Crippen LogP contribution in [0.4, 0.5) is 5.69 Å². The summed E-state index contributed by atoms with van der Waals surface area (Å²) in [5.41, 5.74) is 0.861. The molecule has 160 valence electrons. The summed E-state index contributed by atoms with van der Waals surface area (Å²) < 4.78 is 11.8. The fraction of sp³-hybridized carbons (Fsp3) is 0.375. The van der Waals surface area contributed by atoms with Gasteiger partial charge in [-0.1, -0.05) is 30.3 Å². The van der Waals surface area contributed by atoms with Crippen LogP contribution in [0.15, 0.2) is 66.1 Å². The van der Waals surface area contributed by atoms with Gasteiger partial charge in [0.15, 0.2) is 11.5 Å². The van der Waals surface area contributed by atoms with E-state index in [1.54, 1.807) is 11.8 Å². The predicted octanol–water partition coefficient (Wildman–Crippen LogP) is 4.85. The van der Waals surface area contributed by atoms with Crippen molar-refractivity contribution in [1.29, 1.82) is 0 Å². The second kappa shape index (κ2) is 11.7. The number of amides is 1. The number of para-hydroxylation sites is 3. The van der Waals surface area contributed by atoms with Gasteiger partial charge in [0, 0.05) is 23.7 Å². The van der Waals surface area contributed by atoms with Crippen molar-refractivity contribution in [3.8, 4) is 11.5 Å². The van der Waals surface area contributed by atoms with Crippen molar-refractivity contribution in [3.05, 3.63) is 61.2 Å². The zero-order valence-electron chi connectivity index (χ0n) is 17.5. The molecule has 0 aromatic heterocycles. The number of hydrogen-bond acceptors (Lipinski definition) is 5. The Morgan fingerprint density at radius 1 is 1.17 bits per heavy atom. The van der Waals surface area contributed by atoms with E-state index < -0.39 is 0 Å². The zero-order valence-corrected chi connectivity index (χ0v) is 18.3. The van der Waals surface area contributed by atoms with Gasteiger partial charge in [-0.25, -0.2) is 0 Å². The number of carbonyl (C=O) groups excluding carboxylic acids is 1. The Bertz CT molecular complexity index is 835. The molecule has 1 aliphatic heterocycles. The third-order valence-electron chi connectivity index (χ3n) is 4.86. The molecule has 2 aromatic rings. The largest absolute Gasteiger partial charge is 0.490 e. The summed E-state index contributed by atoms with van der Waals surface area (Å²) in [7, 11) is 0. The van der Waals surface area contributed by atoms with Gasteiger partial charge in [0.1, 0.15) is 6.10 Å². The van der Waals surface area contributed by atoms with Gasteiger partial charge in [-0.3, -0.25) is 9.69 Å². The Labute approximate surface area is 183 Å². The second-order valence-electron chi connectivity index (χ2n) is 7.12. The standard InChI is InChI=1S/C24H30N2O3S/c1-3-17-30-23-12-8-5-9-20(23)25-24(27)18-26-15-13-19(14-16-26)29-22-11-7-6-10-21(22)28-4-2/h3,5-12,19H,1,4,13-18H2,2H3,(H,25,27). The Morgan fingerprint density at radius 3 is 2.60 bits per heavy atom. The number of nitrogens with one attached hydrogen (secondary N) is 1. The quantitative estimate of drug-likeness (QED) is 0.435. The van der Waals surface area contributed by atoms with E-state index in [0.29, 0.717) is 13.2 Å². The van der Waals surface area contributed by atoms with E-state index in [2.05, 4.69) is 16.8 Å². The Morgan fingerprint density at radius 2 is 1.87 bits per heavy atom. The topological polar surface area (TPSA) is 50.8 Å². The van der Waals surface area contributed by atoms with Crippen molar-refractivity contribution < 1.29 is 14.3 Å². The predicted molar refractivity (Wildman–Crippen MR) is 124 cm³/mol. The molecule has 6 heteroatoms. The molecule has 1 saturated heterocycles. The van der Waals surface area contributed by atoms with Gasteiger partial charge in [-0.05, 0) is 44.0 Å². The van der Waals surface area contributed by atoms with Gasteiger partial charge in [0.05, 0.1) is 18.8 Å². The highest BCUT2D eigenvalue weighted by molar-refractivity contribution is 7.99. The fourth-order valence-electron chi connectivity index (χ4n) is 3.42. The maximum atomic E-state index is 12.6. The number of nitrogens with zero attached hydrogens (tertiary/aromatic N) is 1. The first-order chi connectivity index (χ1) is 14.7. The van der Waals surface area contributed by atoms with E-state index in [4.69, 9.17) is 9.47 Å². The number of thioether (sulfide) groups is 1. The van der Waals surface area contributed by atoms with Crippen LogP contribution in [0.1, 0.15) is 19.8 Å². The maximum Gasteiger partial charge on any atom is 0.238 e. The molecule has 0 bridgehead atoms. The van der Waals surface area contributed by atoms with E-state index in [1.165, 1.54) is 0 Å². The van der Waals surface area contributed by atoms with Crippen molar-refractivity contribution in [2.75, 3.05) is 37.3 Å². The summed E-state index contributed by atoms with van der Waals surface area (Å²) in [5, 5.41) is 3.06. The van der Waals surface area contributed by atoms with Crippen molar-refractivity contribution >= 4 is 23.4 Å². The summed E-state index contributed by atoms with van der Waals surface area (Å²) in [5.74, 6) is 2.41. The highest BCUT2D eigenvalue weighted by Gasteiger charge is 2.23. The normalized spacial score (nSPS) is 14.8. The van der Waals surface area contributed by atoms with Gasteiger partial charge in [-0.15, -0.1) is 18.3 Å². The molecule has 1 amide bonds. The monoisotopic (exact) mass is 426 g/mol. The Hall–Kier alpha value is -2.44. The lowest BCUT2D eigenvalue weighted by molar-refractivity contribution is -0.117. The minimum absolute atomic E-state index is 0.0164. The molecule has 1 N–H and O–H groups in total. The molecule has 0 atom stereocenters. The number of anilines is 1. The first kappa shape index (κ1) is 22.2. The molecule has 0 radical (unpaired) electrons. The Balaban J connectivity index is 1.47. The van der Waals surface area contributed by atoms with Crippen molar-refractivity contribution in [2.45, 2.75) is 30.8 Å². The van der Waals surface area contributed by atoms with Gasteiger partial charge < -0.3 is 14.8 Å². The summed E-state index contributed by atoms with van der Waals surface area (Å²) in [6.07, 6.45) is 3.78. The smallest absolute Gasteiger partial charge is 0.238 e.